The van der Waals surface area contributed by atoms with Crippen molar-refractivity contribution >= 4 is 28.0 Å². The maximum Gasteiger partial charge on any atom is 0.410 e. The molecule has 0 fully saturated rings. The third-order valence-corrected chi connectivity index (χ3v) is 3.89. The molecule has 0 unspecified atom stereocenters. The molecule has 0 saturated heterocycles. The molecular weight excluding hydrogens is 409 g/mol. The van der Waals surface area contributed by atoms with Crippen molar-refractivity contribution in [2.24, 2.45) is 0 Å². The molecule has 1 aromatic rings. The van der Waals surface area contributed by atoms with E-state index in [9.17, 15) is 14.0 Å². The average molecular weight is 434 g/mol. The minimum atomic E-state index is -0.606. The van der Waals surface area contributed by atoms with Gasteiger partial charge in [-0.2, -0.15) is 0 Å². The van der Waals surface area contributed by atoms with E-state index >= 15 is 0 Å². The van der Waals surface area contributed by atoms with E-state index in [1.165, 1.54) is 18.1 Å². The first-order valence-corrected chi connectivity index (χ1v) is 8.98. The van der Waals surface area contributed by atoms with Gasteiger partial charge in [0.1, 0.15) is 22.7 Å². The minimum Gasteiger partial charge on any atom is -0.493 e. The average Bonchev–Trinajstić information content (AvgIpc) is 2.54. The number of methoxy groups -OCH3 is 1. The molecule has 8 heteroatoms. The third-order valence-electron chi connectivity index (χ3n) is 3.28. The van der Waals surface area contributed by atoms with Gasteiger partial charge in [-0.15, -0.1) is 0 Å². The van der Waals surface area contributed by atoms with Crippen molar-refractivity contribution in [3.8, 4) is 5.75 Å². The molecule has 26 heavy (non-hydrogen) atoms. The van der Waals surface area contributed by atoms with Crippen LogP contribution in [0, 0.1) is 5.82 Å². The van der Waals surface area contributed by atoms with Crippen LogP contribution in [-0.4, -0.2) is 49.9 Å². The molecule has 0 atom stereocenters. The van der Waals surface area contributed by atoms with E-state index in [4.69, 9.17) is 9.47 Å². The van der Waals surface area contributed by atoms with Gasteiger partial charge in [-0.25, -0.2) is 14.0 Å². The van der Waals surface area contributed by atoms with Crippen molar-refractivity contribution < 1.29 is 28.2 Å². The Morgan fingerprint density at radius 1 is 1.23 bits per heavy atom. The highest BCUT2D eigenvalue weighted by atomic mass is 79.9. The monoisotopic (exact) mass is 433 g/mol. The fourth-order valence-electron chi connectivity index (χ4n) is 1.98. The Morgan fingerprint density at radius 3 is 2.46 bits per heavy atom. The van der Waals surface area contributed by atoms with E-state index in [1.807, 2.05) is 20.8 Å². The van der Waals surface area contributed by atoms with Crippen LogP contribution < -0.4 is 4.74 Å². The highest BCUT2D eigenvalue weighted by molar-refractivity contribution is 9.10. The fourth-order valence-corrected chi connectivity index (χ4v) is 2.33. The number of ether oxygens (including phenoxy) is 3. The number of benzene rings is 1. The Morgan fingerprint density at radius 2 is 1.88 bits per heavy atom. The summed E-state index contributed by atoms with van der Waals surface area (Å²) in [7, 11) is 2.91. The van der Waals surface area contributed by atoms with Gasteiger partial charge in [0.05, 0.1) is 18.2 Å². The first kappa shape index (κ1) is 22.2. The second-order valence-corrected chi connectivity index (χ2v) is 7.57. The molecule has 0 N–H and O–H groups in total. The van der Waals surface area contributed by atoms with Gasteiger partial charge in [0.2, 0.25) is 0 Å². The first-order valence-electron chi connectivity index (χ1n) is 8.19. The smallest absolute Gasteiger partial charge is 0.410 e. The third kappa shape index (κ3) is 7.19. The van der Waals surface area contributed by atoms with Crippen LogP contribution in [0.5, 0.6) is 5.75 Å². The van der Waals surface area contributed by atoms with Crippen molar-refractivity contribution in [2.45, 2.75) is 39.2 Å². The van der Waals surface area contributed by atoms with E-state index in [2.05, 4.69) is 20.7 Å². The Bertz CT molecular complexity index is 645. The maximum atomic E-state index is 13.7. The van der Waals surface area contributed by atoms with Crippen LogP contribution in [0.2, 0.25) is 0 Å². The molecule has 0 aliphatic heterocycles. The van der Waals surface area contributed by atoms with Gasteiger partial charge >= 0.3 is 12.1 Å². The van der Waals surface area contributed by atoms with Crippen LogP contribution >= 0.6 is 15.9 Å². The summed E-state index contributed by atoms with van der Waals surface area (Å²) in [6, 6.07) is 2.47. The molecule has 0 aromatic heterocycles. The predicted molar refractivity (Wildman–Crippen MR) is 99.0 cm³/mol. The summed E-state index contributed by atoms with van der Waals surface area (Å²) >= 11 is 3.03. The predicted octanol–water partition coefficient (Wildman–Crippen LogP) is 4.40. The summed E-state index contributed by atoms with van der Waals surface area (Å²) in [4.78, 5) is 25.1. The second-order valence-electron chi connectivity index (χ2n) is 6.71. The fraction of sp³-hybridized carbons (Fsp3) is 0.556. The summed E-state index contributed by atoms with van der Waals surface area (Å²) in [5, 5.41) is 0. The van der Waals surface area contributed by atoms with Crippen LogP contribution in [0.3, 0.4) is 0 Å². The Hall–Kier alpha value is -1.83. The van der Waals surface area contributed by atoms with Crippen LogP contribution in [0.15, 0.2) is 16.6 Å². The topological polar surface area (TPSA) is 65.1 Å². The van der Waals surface area contributed by atoms with Gasteiger partial charge in [0, 0.05) is 19.7 Å². The normalized spacial score (nSPS) is 11.0. The van der Waals surface area contributed by atoms with Gasteiger partial charge in [-0.3, -0.25) is 0 Å². The van der Waals surface area contributed by atoms with Crippen molar-refractivity contribution in [3.63, 3.8) is 0 Å². The molecular formula is C18H25BrFNO5. The first-order chi connectivity index (χ1) is 12.0. The van der Waals surface area contributed by atoms with Crippen LogP contribution in [0.1, 0.15) is 44.0 Å². The molecule has 0 heterocycles. The number of carbonyl (C=O) groups is 2. The summed E-state index contributed by atoms with van der Waals surface area (Å²) in [6.07, 6.45) is 0.898. The second kappa shape index (κ2) is 9.75. The quantitative estimate of drug-likeness (QED) is 0.470. The number of carbonyl (C=O) groups excluding carboxylic acids is 2. The van der Waals surface area contributed by atoms with Gasteiger partial charge in [-0.1, -0.05) is 0 Å². The van der Waals surface area contributed by atoms with Crippen molar-refractivity contribution in [1.29, 1.82) is 0 Å². The summed E-state index contributed by atoms with van der Waals surface area (Å²) in [5.41, 5.74) is -0.392. The lowest BCUT2D eigenvalue weighted by Crippen LogP contribution is -2.34. The van der Waals surface area contributed by atoms with E-state index in [0.717, 1.165) is 6.07 Å². The lowest BCUT2D eigenvalue weighted by atomic mass is 10.2. The molecule has 0 spiro atoms. The number of rotatable bonds is 7. The van der Waals surface area contributed by atoms with E-state index < -0.39 is 17.4 Å². The molecule has 0 radical (unpaired) electrons. The Kier molecular flexibility index (Phi) is 8.33. The molecule has 0 saturated carbocycles. The van der Waals surface area contributed by atoms with Crippen molar-refractivity contribution in [3.05, 3.63) is 28.0 Å². The zero-order valence-corrected chi connectivity index (χ0v) is 17.3. The Balaban J connectivity index is 2.50. The SMILES string of the molecule is COC(=O)c1cc(Br)c(F)cc1OCCCCN(C)C(=O)OC(C)(C)C. The molecule has 0 bridgehead atoms. The number of esters is 1. The highest BCUT2D eigenvalue weighted by Crippen LogP contribution is 2.27. The van der Waals surface area contributed by atoms with E-state index in [-0.39, 0.29) is 28.5 Å². The van der Waals surface area contributed by atoms with E-state index in [0.29, 0.717) is 19.4 Å². The zero-order valence-electron chi connectivity index (χ0n) is 15.7. The van der Waals surface area contributed by atoms with Crippen LogP contribution in [0.25, 0.3) is 0 Å². The number of amides is 1. The molecule has 6 nitrogen and oxygen atoms in total. The summed E-state index contributed by atoms with van der Waals surface area (Å²) < 4.78 is 29.3. The van der Waals surface area contributed by atoms with Crippen molar-refractivity contribution in [2.75, 3.05) is 27.3 Å². The summed E-state index contributed by atoms with van der Waals surface area (Å²) in [6.45, 7) is 6.19. The Labute approximate surface area is 161 Å². The standard InChI is InChI=1S/C18H25BrFNO5/c1-18(2,3)26-17(23)21(4)8-6-7-9-25-15-11-14(20)13(19)10-12(15)16(22)24-5/h10-11H,6-9H2,1-5H3. The number of hydrogen-bond donors (Lipinski definition) is 0. The molecule has 0 aliphatic carbocycles. The zero-order chi connectivity index (χ0) is 19.9. The number of halogens is 2. The van der Waals surface area contributed by atoms with E-state index in [1.54, 1.807) is 7.05 Å². The van der Waals surface area contributed by atoms with Gasteiger partial charge in [0.15, 0.2) is 0 Å². The molecule has 1 rings (SSSR count). The number of hydrogen-bond acceptors (Lipinski definition) is 5. The van der Waals surface area contributed by atoms with Gasteiger partial charge in [0.25, 0.3) is 0 Å². The van der Waals surface area contributed by atoms with Crippen LogP contribution in [0.4, 0.5) is 9.18 Å². The van der Waals surface area contributed by atoms with Gasteiger partial charge < -0.3 is 19.1 Å². The van der Waals surface area contributed by atoms with Crippen molar-refractivity contribution in [1.82, 2.24) is 4.90 Å². The lowest BCUT2D eigenvalue weighted by molar-refractivity contribution is 0.0294. The largest absolute Gasteiger partial charge is 0.493 e. The maximum absolute atomic E-state index is 13.7. The molecule has 1 amide bonds. The number of nitrogens with zero attached hydrogens (tertiary/aromatic N) is 1. The molecule has 146 valence electrons. The highest BCUT2D eigenvalue weighted by Gasteiger charge is 2.19. The molecule has 1 aromatic carbocycles. The lowest BCUT2D eigenvalue weighted by Gasteiger charge is -2.24. The summed E-state index contributed by atoms with van der Waals surface area (Å²) in [5.74, 6) is -1.01. The minimum absolute atomic E-state index is 0.123. The molecule has 0 aliphatic rings. The number of unbranched alkanes of at least 4 members (excludes halogenated alkanes) is 1. The van der Waals surface area contributed by atoms with Crippen LogP contribution in [-0.2, 0) is 9.47 Å². The van der Waals surface area contributed by atoms with Gasteiger partial charge in [-0.05, 0) is 55.6 Å².